The lowest BCUT2D eigenvalue weighted by atomic mass is 10.1. The predicted octanol–water partition coefficient (Wildman–Crippen LogP) is 3.01. The van der Waals surface area contributed by atoms with Crippen LogP contribution >= 0.6 is 0 Å². The number of anilines is 1. The quantitative estimate of drug-likeness (QED) is 0.797. The van der Waals surface area contributed by atoms with Crippen molar-refractivity contribution < 1.29 is 17.9 Å². The standard InChI is InChI=1S/C20H24N2O4S/c1-14-6-3-10-19(15(14)2)22-20(23)16-7-4-9-18(12-16)27(24,25)21-13-17-8-5-11-26-17/h3-4,6-7,9-10,12,17,21H,5,8,11,13H2,1-2H3,(H,22,23). The molecule has 0 radical (unpaired) electrons. The van der Waals surface area contributed by atoms with Crippen molar-refractivity contribution in [1.82, 2.24) is 4.72 Å². The second kappa shape index (κ2) is 8.21. The third-order valence-electron chi connectivity index (χ3n) is 4.78. The van der Waals surface area contributed by atoms with Gasteiger partial charge in [-0.2, -0.15) is 0 Å². The van der Waals surface area contributed by atoms with Crippen LogP contribution in [0.15, 0.2) is 47.4 Å². The Hall–Kier alpha value is -2.22. The lowest BCUT2D eigenvalue weighted by Gasteiger charge is -2.13. The molecule has 7 heteroatoms. The molecule has 1 atom stereocenters. The van der Waals surface area contributed by atoms with Crippen molar-refractivity contribution in [2.24, 2.45) is 0 Å². The van der Waals surface area contributed by atoms with Gasteiger partial charge < -0.3 is 10.1 Å². The Labute approximate surface area is 160 Å². The van der Waals surface area contributed by atoms with Crippen LogP contribution in [0.2, 0.25) is 0 Å². The third kappa shape index (κ3) is 4.74. The number of hydrogen-bond acceptors (Lipinski definition) is 4. The molecule has 0 saturated carbocycles. The summed E-state index contributed by atoms with van der Waals surface area (Å²) in [4.78, 5) is 12.6. The van der Waals surface area contributed by atoms with E-state index in [0.29, 0.717) is 12.3 Å². The summed E-state index contributed by atoms with van der Waals surface area (Å²) >= 11 is 0. The van der Waals surface area contributed by atoms with Crippen LogP contribution in [-0.4, -0.2) is 33.6 Å². The molecule has 2 aromatic carbocycles. The summed E-state index contributed by atoms with van der Waals surface area (Å²) in [7, 11) is -3.70. The molecule has 1 fully saturated rings. The molecule has 3 rings (SSSR count). The SMILES string of the molecule is Cc1cccc(NC(=O)c2cccc(S(=O)(=O)NCC3CCCO3)c2)c1C. The number of aryl methyl sites for hydroxylation is 1. The van der Waals surface area contributed by atoms with Crippen molar-refractivity contribution in [2.75, 3.05) is 18.5 Å². The molecule has 0 aliphatic carbocycles. The summed E-state index contributed by atoms with van der Waals surface area (Å²) in [5, 5.41) is 2.85. The van der Waals surface area contributed by atoms with Gasteiger partial charge in [0, 0.05) is 24.4 Å². The minimum atomic E-state index is -3.70. The first-order valence-corrected chi connectivity index (χ1v) is 10.4. The summed E-state index contributed by atoms with van der Waals surface area (Å²) in [6.07, 6.45) is 1.71. The van der Waals surface area contributed by atoms with E-state index < -0.39 is 10.0 Å². The van der Waals surface area contributed by atoms with Gasteiger partial charge in [0.15, 0.2) is 0 Å². The van der Waals surface area contributed by atoms with E-state index in [1.165, 1.54) is 12.1 Å². The van der Waals surface area contributed by atoms with E-state index in [2.05, 4.69) is 10.0 Å². The normalized spacial score (nSPS) is 17.0. The van der Waals surface area contributed by atoms with E-state index in [0.717, 1.165) is 24.0 Å². The Morgan fingerprint density at radius 1 is 1.19 bits per heavy atom. The van der Waals surface area contributed by atoms with Crippen LogP contribution in [0.25, 0.3) is 0 Å². The number of amides is 1. The van der Waals surface area contributed by atoms with Crippen molar-refractivity contribution in [1.29, 1.82) is 0 Å². The zero-order valence-corrected chi connectivity index (χ0v) is 16.3. The highest BCUT2D eigenvalue weighted by Crippen LogP contribution is 2.20. The van der Waals surface area contributed by atoms with Gasteiger partial charge in [-0.1, -0.05) is 18.2 Å². The van der Waals surface area contributed by atoms with Gasteiger partial charge in [0.1, 0.15) is 0 Å². The number of sulfonamides is 1. The Morgan fingerprint density at radius 2 is 1.96 bits per heavy atom. The number of carbonyl (C=O) groups excluding carboxylic acids is 1. The molecule has 0 aromatic heterocycles. The van der Waals surface area contributed by atoms with Crippen molar-refractivity contribution >= 4 is 21.6 Å². The van der Waals surface area contributed by atoms with Crippen LogP contribution in [0.1, 0.15) is 34.3 Å². The van der Waals surface area contributed by atoms with Crippen LogP contribution < -0.4 is 10.0 Å². The molecule has 27 heavy (non-hydrogen) atoms. The zero-order chi connectivity index (χ0) is 19.4. The summed E-state index contributed by atoms with van der Waals surface area (Å²) in [5.74, 6) is -0.347. The maximum atomic E-state index is 12.6. The Kier molecular flexibility index (Phi) is 5.94. The van der Waals surface area contributed by atoms with Gasteiger partial charge >= 0.3 is 0 Å². The van der Waals surface area contributed by atoms with Crippen LogP contribution in [0.4, 0.5) is 5.69 Å². The fraction of sp³-hybridized carbons (Fsp3) is 0.350. The molecular formula is C20H24N2O4S. The molecule has 1 unspecified atom stereocenters. The van der Waals surface area contributed by atoms with E-state index in [-0.39, 0.29) is 29.0 Å². The van der Waals surface area contributed by atoms with E-state index in [1.807, 2.05) is 32.0 Å². The van der Waals surface area contributed by atoms with Gasteiger partial charge in [0.05, 0.1) is 11.0 Å². The Balaban J connectivity index is 1.74. The van der Waals surface area contributed by atoms with Crippen LogP contribution in [0, 0.1) is 13.8 Å². The molecule has 0 bridgehead atoms. The Morgan fingerprint density at radius 3 is 2.70 bits per heavy atom. The summed E-state index contributed by atoms with van der Waals surface area (Å²) in [6.45, 7) is 4.81. The second-order valence-electron chi connectivity index (χ2n) is 6.72. The molecule has 1 aliphatic rings. The lowest BCUT2D eigenvalue weighted by Crippen LogP contribution is -2.32. The van der Waals surface area contributed by atoms with E-state index in [1.54, 1.807) is 12.1 Å². The topological polar surface area (TPSA) is 84.5 Å². The van der Waals surface area contributed by atoms with Crippen molar-refractivity contribution in [3.63, 3.8) is 0 Å². The number of hydrogen-bond donors (Lipinski definition) is 2. The minimum absolute atomic E-state index is 0.0640. The highest BCUT2D eigenvalue weighted by Gasteiger charge is 2.21. The van der Waals surface area contributed by atoms with Gasteiger partial charge in [-0.3, -0.25) is 4.79 Å². The Bertz CT molecular complexity index is 935. The van der Waals surface area contributed by atoms with E-state index in [9.17, 15) is 13.2 Å². The third-order valence-corrected chi connectivity index (χ3v) is 6.21. The molecule has 144 valence electrons. The average Bonchev–Trinajstić information content (AvgIpc) is 3.18. The first kappa shape index (κ1) is 19.5. The summed E-state index contributed by atoms with van der Waals surface area (Å²) in [5.41, 5.74) is 3.05. The largest absolute Gasteiger partial charge is 0.377 e. The summed E-state index contributed by atoms with van der Waals surface area (Å²) in [6, 6.07) is 11.7. The molecule has 1 amide bonds. The highest BCUT2D eigenvalue weighted by molar-refractivity contribution is 7.89. The second-order valence-corrected chi connectivity index (χ2v) is 8.48. The van der Waals surface area contributed by atoms with Crippen molar-refractivity contribution in [2.45, 2.75) is 37.7 Å². The summed E-state index contributed by atoms with van der Waals surface area (Å²) < 4.78 is 33.1. The van der Waals surface area contributed by atoms with Gasteiger partial charge in [0.25, 0.3) is 5.91 Å². The van der Waals surface area contributed by atoms with Gasteiger partial charge in [0.2, 0.25) is 10.0 Å². The average molecular weight is 388 g/mol. The molecule has 1 aliphatic heterocycles. The molecular weight excluding hydrogens is 364 g/mol. The monoisotopic (exact) mass is 388 g/mol. The first-order chi connectivity index (χ1) is 12.9. The maximum Gasteiger partial charge on any atom is 0.255 e. The van der Waals surface area contributed by atoms with E-state index >= 15 is 0 Å². The highest BCUT2D eigenvalue weighted by atomic mass is 32.2. The van der Waals surface area contributed by atoms with Crippen molar-refractivity contribution in [3.05, 3.63) is 59.2 Å². The van der Waals surface area contributed by atoms with Crippen molar-refractivity contribution in [3.8, 4) is 0 Å². The van der Waals surface area contributed by atoms with Gasteiger partial charge in [-0.05, 0) is 62.1 Å². The number of rotatable bonds is 6. The number of benzene rings is 2. The molecule has 6 nitrogen and oxygen atoms in total. The molecule has 1 saturated heterocycles. The van der Waals surface area contributed by atoms with Crippen LogP contribution in [-0.2, 0) is 14.8 Å². The number of carbonyl (C=O) groups is 1. The molecule has 2 aromatic rings. The van der Waals surface area contributed by atoms with Gasteiger partial charge in [-0.15, -0.1) is 0 Å². The minimum Gasteiger partial charge on any atom is -0.377 e. The first-order valence-electron chi connectivity index (χ1n) is 8.96. The number of nitrogens with one attached hydrogen (secondary N) is 2. The van der Waals surface area contributed by atoms with Crippen LogP contribution in [0.5, 0.6) is 0 Å². The number of ether oxygens (including phenoxy) is 1. The molecule has 1 heterocycles. The predicted molar refractivity (Wildman–Crippen MR) is 104 cm³/mol. The lowest BCUT2D eigenvalue weighted by molar-refractivity contribution is 0.102. The fourth-order valence-corrected chi connectivity index (χ4v) is 4.09. The van der Waals surface area contributed by atoms with Gasteiger partial charge in [-0.25, -0.2) is 13.1 Å². The van der Waals surface area contributed by atoms with Crippen LogP contribution in [0.3, 0.4) is 0 Å². The smallest absolute Gasteiger partial charge is 0.255 e. The maximum absolute atomic E-state index is 12.6. The molecule has 0 spiro atoms. The van der Waals surface area contributed by atoms with E-state index in [4.69, 9.17) is 4.74 Å². The zero-order valence-electron chi connectivity index (χ0n) is 15.5. The molecule has 2 N–H and O–H groups in total. The fourth-order valence-electron chi connectivity index (χ4n) is 2.98.